The predicted molar refractivity (Wildman–Crippen MR) is 172 cm³/mol. The highest BCUT2D eigenvalue weighted by molar-refractivity contribution is 5.98. The van der Waals surface area contributed by atoms with Gasteiger partial charge >= 0.3 is 0 Å². The molecule has 0 radical (unpaired) electrons. The Hall–Kier alpha value is -4.62. The number of nitrogens with one attached hydrogen (secondary N) is 1. The first-order valence-corrected chi connectivity index (χ1v) is 14.6. The third-order valence-corrected chi connectivity index (χ3v) is 7.77. The Labute approximate surface area is 253 Å². The van der Waals surface area contributed by atoms with Gasteiger partial charge < -0.3 is 23.9 Å². The van der Waals surface area contributed by atoms with Gasteiger partial charge in [0.05, 0.1) is 43.0 Å². The second-order valence-corrected chi connectivity index (χ2v) is 12.0. The van der Waals surface area contributed by atoms with Crippen LogP contribution in [0.5, 0.6) is 5.75 Å². The van der Waals surface area contributed by atoms with E-state index in [4.69, 9.17) is 10.1 Å². The number of benzene rings is 4. The van der Waals surface area contributed by atoms with Crippen molar-refractivity contribution in [3.63, 3.8) is 0 Å². The number of likely N-dealkylation sites (N-methyl/N-ethyl adjacent to an activating group) is 1. The number of phenols is 1. The fraction of sp³-hybridized carbons (Fsp3) is 0.278. The molecule has 0 bridgehead atoms. The highest BCUT2D eigenvalue weighted by Gasteiger charge is 2.25. The molecule has 1 heterocycles. The van der Waals surface area contributed by atoms with E-state index in [-0.39, 0.29) is 29.1 Å². The zero-order valence-electron chi connectivity index (χ0n) is 25.4. The summed E-state index contributed by atoms with van der Waals surface area (Å²) in [6.45, 7) is 8.14. The van der Waals surface area contributed by atoms with Crippen molar-refractivity contribution in [2.45, 2.75) is 45.9 Å². The Balaban J connectivity index is 1.42. The molecule has 43 heavy (non-hydrogen) atoms. The monoisotopic (exact) mass is 576 g/mol. The van der Waals surface area contributed by atoms with E-state index in [0.29, 0.717) is 43.1 Å². The quantitative estimate of drug-likeness (QED) is 0.139. The molecule has 0 unspecified atom stereocenters. The largest absolute Gasteiger partial charge is 0.505 e. The van der Waals surface area contributed by atoms with Gasteiger partial charge in [0, 0.05) is 24.7 Å². The molecule has 0 amide bonds. The number of carbonyl (C=O) groups excluding carboxylic acids is 1. The fourth-order valence-electron chi connectivity index (χ4n) is 5.34. The standard InChI is InChI=1S/C36H40N4O3/c1-36(2,3)29-21-28(22-32(34(29)42)38(4)19-20-43-25-27-15-9-6-10-16-27)33(41)24-40-31-18-12-11-17-30(31)39(35(40)37)23-26-13-7-5-8-14-26/h5-18,21-22,37,42H,19-20,23-25H2,1-4H3. The van der Waals surface area contributed by atoms with Crippen molar-refractivity contribution in [3.05, 3.63) is 125 Å². The molecule has 0 saturated carbocycles. The molecule has 0 atom stereocenters. The molecule has 4 aromatic carbocycles. The minimum Gasteiger partial charge on any atom is -0.505 e. The number of Topliss-reactive ketones (excluding diaryl/α,β-unsaturated/α-hetero) is 1. The van der Waals surface area contributed by atoms with Crippen LogP contribution < -0.4 is 10.5 Å². The molecule has 0 fully saturated rings. The van der Waals surface area contributed by atoms with Gasteiger partial charge in [-0.05, 0) is 40.8 Å². The Bertz CT molecular complexity index is 1770. The second kappa shape index (κ2) is 12.7. The highest BCUT2D eigenvalue weighted by atomic mass is 16.5. The lowest BCUT2D eigenvalue weighted by Crippen LogP contribution is -2.28. The molecule has 2 N–H and O–H groups in total. The average Bonchev–Trinajstić information content (AvgIpc) is 3.25. The molecule has 5 aromatic rings. The van der Waals surface area contributed by atoms with E-state index in [0.717, 1.165) is 22.2 Å². The van der Waals surface area contributed by atoms with Gasteiger partial charge in [-0.15, -0.1) is 0 Å². The fourth-order valence-corrected chi connectivity index (χ4v) is 5.34. The number of carbonyl (C=O) groups is 1. The molecular formula is C36H40N4O3. The van der Waals surface area contributed by atoms with Gasteiger partial charge in [-0.25, -0.2) is 0 Å². The number of imidazole rings is 1. The number of phenolic OH excluding ortho intramolecular Hbond substituents is 1. The van der Waals surface area contributed by atoms with E-state index in [1.165, 1.54) is 0 Å². The number of ether oxygens (including phenoxy) is 1. The first-order valence-electron chi connectivity index (χ1n) is 14.6. The molecule has 5 rings (SSSR count). The van der Waals surface area contributed by atoms with Crippen molar-refractivity contribution in [1.29, 1.82) is 5.41 Å². The van der Waals surface area contributed by atoms with Crippen LogP contribution in [0.3, 0.4) is 0 Å². The molecule has 0 aliphatic rings. The van der Waals surface area contributed by atoms with Gasteiger partial charge in [-0.3, -0.25) is 10.2 Å². The van der Waals surface area contributed by atoms with Crippen LogP contribution in [0.1, 0.15) is 47.8 Å². The maximum Gasteiger partial charge on any atom is 0.203 e. The maximum atomic E-state index is 13.9. The number of hydrogen-bond acceptors (Lipinski definition) is 5. The van der Waals surface area contributed by atoms with Crippen molar-refractivity contribution in [2.24, 2.45) is 0 Å². The summed E-state index contributed by atoms with van der Waals surface area (Å²) in [5.41, 5.74) is 5.59. The highest BCUT2D eigenvalue weighted by Crippen LogP contribution is 2.39. The van der Waals surface area contributed by atoms with Crippen molar-refractivity contribution in [2.75, 3.05) is 25.1 Å². The van der Waals surface area contributed by atoms with Crippen LogP contribution in [-0.4, -0.2) is 40.2 Å². The molecule has 0 aliphatic carbocycles. The lowest BCUT2D eigenvalue weighted by Gasteiger charge is -2.27. The number of aromatic hydroxyl groups is 1. The van der Waals surface area contributed by atoms with E-state index < -0.39 is 0 Å². The van der Waals surface area contributed by atoms with Gasteiger partial charge in [0.2, 0.25) is 5.62 Å². The van der Waals surface area contributed by atoms with E-state index in [1.54, 1.807) is 16.7 Å². The minimum absolute atomic E-state index is 0.0127. The van der Waals surface area contributed by atoms with Gasteiger partial charge in [0.15, 0.2) is 5.78 Å². The molecule has 0 saturated heterocycles. The normalized spacial score (nSPS) is 11.6. The predicted octanol–water partition coefficient (Wildman–Crippen LogP) is 6.51. The maximum absolute atomic E-state index is 13.9. The molecular weight excluding hydrogens is 536 g/mol. The van der Waals surface area contributed by atoms with Crippen molar-refractivity contribution < 1.29 is 14.6 Å². The summed E-state index contributed by atoms with van der Waals surface area (Å²) in [6, 6.07) is 31.4. The number of nitrogens with zero attached hydrogens (tertiary/aromatic N) is 3. The molecule has 0 spiro atoms. The van der Waals surface area contributed by atoms with Gasteiger partial charge in [-0.1, -0.05) is 93.6 Å². The summed E-state index contributed by atoms with van der Waals surface area (Å²) < 4.78 is 9.59. The zero-order valence-corrected chi connectivity index (χ0v) is 25.4. The summed E-state index contributed by atoms with van der Waals surface area (Å²) in [6.07, 6.45) is 0. The van der Waals surface area contributed by atoms with Crippen molar-refractivity contribution >= 4 is 22.5 Å². The first kappa shape index (κ1) is 29.9. The summed E-state index contributed by atoms with van der Waals surface area (Å²) in [7, 11) is 1.90. The molecule has 7 heteroatoms. The second-order valence-electron chi connectivity index (χ2n) is 12.0. The van der Waals surface area contributed by atoms with Crippen LogP contribution >= 0.6 is 0 Å². The van der Waals surface area contributed by atoms with Crippen LogP contribution in [0.2, 0.25) is 0 Å². The van der Waals surface area contributed by atoms with Gasteiger partial charge in [0.1, 0.15) is 5.75 Å². The summed E-state index contributed by atoms with van der Waals surface area (Å²) >= 11 is 0. The first-order chi connectivity index (χ1) is 20.6. The number of aromatic nitrogens is 2. The number of ketones is 1. The van der Waals surface area contributed by atoms with Gasteiger partial charge in [-0.2, -0.15) is 0 Å². The SMILES string of the molecule is CN(CCOCc1ccccc1)c1cc(C(=O)Cn2c(=N)n(Cc3ccccc3)c3ccccc32)cc(C(C)(C)C)c1O. The summed E-state index contributed by atoms with van der Waals surface area (Å²) in [5, 5.41) is 20.4. The Kier molecular flexibility index (Phi) is 8.83. The third-order valence-electron chi connectivity index (χ3n) is 7.77. The van der Waals surface area contributed by atoms with Crippen LogP contribution in [0, 0.1) is 5.41 Å². The Morgan fingerprint density at radius 2 is 1.44 bits per heavy atom. The van der Waals surface area contributed by atoms with Crippen molar-refractivity contribution in [3.8, 4) is 5.75 Å². The number of anilines is 1. The van der Waals surface area contributed by atoms with E-state index in [1.807, 2.05) is 122 Å². The van der Waals surface area contributed by atoms with Crippen molar-refractivity contribution in [1.82, 2.24) is 9.13 Å². The van der Waals surface area contributed by atoms with E-state index >= 15 is 0 Å². The number of fused-ring (bicyclic) bond motifs is 1. The molecule has 0 aliphatic heterocycles. The van der Waals surface area contributed by atoms with E-state index in [9.17, 15) is 9.90 Å². The third kappa shape index (κ3) is 6.73. The smallest absolute Gasteiger partial charge is 0.203 e. The zero-order chi connectivity index (χ0) is 30.6. The molecule has 222 valence electrons. The summed E-state index contributed by atoms with van der Waals surface area (Å²) in [5.74, 6) is 0.0458. The Morgan fingerprint density at radius 3 is 2.07 bits per heavy atom. The van der Waals surface area contributed by atoms with Crippen LogP contribution in [0.25, 0.3) is 11.0 Å². The lowest BCUT2D eigenvalue weighted by atomic mass is 9.84. The minimum atomic E-state index is -0.390. The number of rotatable bonds is 11. The van der Waals surface area contributed by atoms with Crippen LogP contribution in [0.15, 0.2) is 97.1 Å². The number of para-hydroxylation sites is 2. The molecule has 1 aromatic heterocycles. The lowest BCUT2D eigenvalue weighted by molar-refractivity contribution is 0.0971. The average molecular weight is 577 g/mol. The van der Waals surface area contributed by atoms with Crippen LogP contribution in [-0.2, 0) is 29.8 Å². The topological polar surface area (TPSA) is 83.5 Å². The Morgan fingerprint density at radius 1 is 0.860 bits per heavy atom. The number of hydrogen-bond donors (Lipinski definition) is 2. The van der Waals surface area contributed by atoms with E-state index in [2.05, 4.69) is 0 Å². The van der Waals surface area contributed by atoms with Crippen LogP contribution in [0.4, 0.5) is 5.69 Å². The molecule has 7 nitrogen and oxygen atoms in total. The summed E-state index contributed by atoms with van der Waals surface area (Å²) in [4.78, 5) is 15.9. The van der Waals surface area contributed by atoms with Gasteiger partial charge in [0.25, 0.3) is 0 Å².